The van der Waals surface area contributed by atoms with Gasteiger partial charge < -0.3 is 10.5 Å². The van der Waals surface area contributed by atoms with E-state index in [4.69, 9.17) is 10.5 Å². The molecule has 1 aliphatic carbocycles. The standard InChI is InChI=1S/C13H18N2O2/c1-9-3-2-8-15-13(9)17-11-6-4-10(5-7-11)12(14)16/h2-3,8,10-11H,4-7H2,1H3,(H2,14,16)/t10-,11-. The maximum Gasteiger partial charge on any atom is 0.220 e. The van der Waals surface area contributed by atoms with Gasteiger partial charge in [-0.2, -0.15) is 0 Å². The molecule has 1 aliphatic rings. The van der Waals surface area contributed by atoms with Crippen LogP contribution in [0.4, 0.5) is 0 Å². The first-order valence-corrected chi connectivity index (χ1v) is 6.04. The zero-order valence-electron chi connectivity index (χ0n) is 10.1. The molecule has 1 heterocycles. The van der Waals surface area contributed by atoms with Crippen molar-refractivity contribution in [2.45, 2.75) is 38.7 Å². The van der Waals surface area contributed by atoms with E-state index in [1.807, 2.05) is 19.1 Å². The molecule has 4 heteroatoms. The van der Waals surface area contributed by atoms with Gasteiger partial charge in [-0.15, -0.1) is 0 Å². The van der Waals surface area contributed by atoms with E-state index in [0.29, 0.717) is 5.88 Å². The molecule has 4 nitrogen and oxygen atoms in total. The number of aryl methyl sites for hydroxylation is 1. The number of hydrogen-bond acceptors (Lipinski definition) is 3. The average molecular weight is 234 g/mol. The van der Waals surface area contributed by atoms with Crippen molar-refractivity contribution in [3.63, 3.8) is 0 Å². The summed E-state index contributed by atoms with van der Waals surface area (Å²) >= 11 is 0. The number of nitrogens with zero attached hydrogens (tertiary/aromatic N) is 1. The minimum absolute atomic E-state index is 0.0275. The van der Waals surface area contributed by atoms with Crippen LogP contribution >= 0.6 is 0 Å². The molecule has 0 saturated heterocycles. The van der Waals surface area contributed by atoms with Gasteiger partial charge in [0.2, 0.25) is 11.8 Å². The quantitative estimate of drug-likeness (QED) is 0.867. The van der Waals surface area contributed by atoms with E-state index in [0.717, 1.165) is 31.2 Å². The van der Waals surface area contributed by atoms with E-state index in [-0.39, 0.29) is 17.9 Å². The number of primary amides is 1. The second-order valence-electron chi connectivity index (χ2n) is 4.62. The lowest BCUT2D eigenvalue weighted by Crippen LogP contribution is -2.31. The second-order valence-corrected chi connectivity index (χ2v) is 4.62. The highest BCUT2D eigenvalue weighted by molar-refractivity contribution is 5.76. The Bertz CT molecular complexity index is 398. The Morgan fingerprint density at radius 1 is 1.41 bits per heavy atom. The summed E-state index contributed by atoms with van der Waals surface area (Å²) < 4.78 is 5.85. The molecule has 2 rings (SSSR count). The first-order chi connectivity index (χ1) is 8.16. The molecule has 0 bridgehead atoms. The highest BCUT2D eigenvalue weighted by atomic mass is 16.5. The van der Waals surface area contributed by atoms with Crippen LogP contribution in [0, 0.1) is 12.8 Å². The van der Waals surface area contributed by atoms with Gasteiger partial charge in [0.25, 0.3) is 0 Å². The fraction of sp³-hybridized carbons (Fsp3) is 0.538. The van der Waals surface area contributed by atoms with Gasteiger partial charge in [-0.3, -0.25) is 4.79 Å². The van der Waals surface area contributed by atoms with Gasteiger partial charge in [-0.05, 0) is 38.7 Å². The number of carbonyl (C=O) groups excluding carboxylic acids is 1. The van der Waals surface area contributed by atoms with E-state index in [1.54, 1.807) is 6.20 Å². The smallest absolute Gasteiger partial charge is 0.220 e. The minimum Gasteiger partial charge on any atom is -0.474 e. The van der Waals surface area contributed by atoms with Crippen LogP contribution in [0.15, 0.2) is 18.3 Å². The number of amides is 1. The van der Waals surface area contributed by atoms with Gasteiger partial charge >= 0.3 is 0 Å². The van der Waals surface area contributed by atoms with Crippen molar-refractivity contribution >= 4 is 5.91 Å². The summed E-state index contributed by atoms with van der Waals surface area (Å²) in [6, 6.07) is 3.88. The number of rotatable bonds is 3. The molecule has 0 unspecified atom stereocenters. The number of ether oxygens (including phenoxy) is 1. The predicted molar refractivity (Wildman–Crippen MR) is 64.5 cm³/mol. The molecule has 0 atom stereocenters. The summed E-state index contributed by atoms with van der Waals surface area (Å²) in [5.41, 5.74) is 6.34. The molecule has 1 aromatic rings. The van der Waals surface area contributed by atoms with Crippen molar-refractivity contribution in [3.05, 3.63) is 23.9 Å². The first kappa shape index (κ1) is 11.9. The van der Waals surface area contributed by atoms with Crippen molar-refractivity contribution in [1.82, 2.24) is 4.98 Å². The van der Waals surface area contributed by atoms with E-state index in [1.165, 1.54) is 0 Å². The molecule has 1 fully saturated rings. The van der Waals surface area contributed by atoms with E-state index >= 15 is 0 Å². The maximum atomic E-state index is 11.0. The molecular formula is C13H18N2O2. The topological polar surface area (TPSA) is 65.2 Å². The molecule has 92 valence electrons. The largest absolute Gasteiger partial charge is 0.474 e. The lowest BCUT2D eigenvalue weighted by molar-refractivity contribution is -0.123. The van der Waals surface area contributed by atoms with Crippen LogP contribution in [-0.4, -0.2) is 17.0 Å². The van der Waals surface area contributed by atoms with Gasteiger partial charge in [-0.1, -0.05) is 6.07 Å². The molecule has 0 spiro atoms. The minimum atomic E-state index is -0.183. The molecule has 0 aliphatic heterocycles. The molecule has 1 aromatic heterocycles. The van der Waals surface area contributed by atoms with Crippen molar-refractivity contribution in [1.29, 1.82) is 0 Å². The normalized spacial score (nSPS) is 24.3. The van der Waals surface area contributed by atoms with Crippen molar-refractivity contribution in [2.75, 3.05) is 0 Å². The molecule has 17 heavy (non-hydrogen) atoms. The fourth-order valence-electron chi connectivity index (χ4n) is 2.22. The molecular weight excluding hydrogens is 216 g/mol. The first-order valence-electron chi connectivity index (χ1n) is 6.04. The summed E-state index contributed by atoms with van der Waals surface area (Å²) in [7, 11) is 0. The van der Waals surface area contributed by atoms with Crippen LogP contribution in [0.25, 0.3) is 0 Å². The second kappa shape index (κ2) is 5.17. The van der Waals surface area contributed by atoms with Crippen molar-refractivity contribution in [2.24, 2.45) is 11.7 Å². The lowest BCUT2D eigenvalue weighted by atomic mass is 9.87. The van der Waals surface area contributed by atoms with Gasteiger partial charge in [0, 0.05) is 17.7 Å². The summed E-state index contributed by atoms with van der Waals surface area (Å²) in [5.74, 6) is 0.548. The van der Waals surface area contributed by atoms with Crippen LogP contribution in [-0.2, 0) is 4.79 Å². The molecule has 1 amide bonds. The third-order valence-electron chi connectivity index (χ3n) is 3.32. The SMILES string of the molecule is Cc1cccnc1O[C@H]1CC[C@H](C(N)=O)CC1. The zero-order chi connectivity index (χ0) is 12.3. The zero-order valence-corrected chi connectivity index (χ0v) is 10.1. The Labute approximate surface area is 101 Å². The molecule has 0 radical (unpaired) electrons. The summed E-state index contributed by atoms with van der Waals surface area (Å²) in [4.78, 5) is 15.3. The van der Waals surface area contributed by atoms with E-state index in [9.17, 15) is 4.79 Å². The van der Waals surface area contributed by atoms with Crippen LogP contribution in [0.5, 0.6) is 5.88 Å². The van der Waals surface area contributed by atoms with Gasteiger partial charge in [0.05, 0.1) is 0 Å². The average Bonchev–Trinajstić information content (AvgIpc) is 2.33. The van der Waals surface area contributed by atoms with E-state index in [2.05, 4.69) is 4.98 Å². The number of carbonyl (C=O) groups is 1. The number of pyridine rings is 1. The summed E-state index contributed by atoms with van der Waals surface area (Å²) in [6.07, 6.45) is 5.31. The van der Waals surface area contributed by atoms with Crippen LogP contribution in [0.3, 0.4) is 0 Å². The van der Waals surface area contributed by atoms with Crippen LogP contribution in [0.1, 0.15) is 31.2 Å². The van der Waals surface area contributed by atoms with Gasteiger partial charge in [0.1, 0.15) is 6.10 Å². The Morgan fingerprint density at radius 2 is 2.12 bits per heavy atom. The van der Waals surface area contributed by atoms with Crippen LogP contribution in [0.2, 0.25) is 0 Å². The van der Waals surface area contributed by atoms with Crippen molar-refractivity contribution in [3.8, 4) is 5.88 Å². The van der Waals surface area contributed by atoms with Gasteiger partial charge in [0.15, 0.2) is 0 Å². The molecule has 2 N–H and O–H groups in total. The van der Waals surface area contributed by atoms with Crippen LogP contribution < -0.4 is 10.5 Å². The summed E-state index contributed by atoms with van der Waals surface area (Å²) in [5, 5.41) is 0. The Kier molecular flexibility index (Phi) is 3.61. The Hall–Kier alpha value is -1.58. The number of hydrogen-bond donors (Lipinski definition) is 1. The Balaban J connectivity index is 1.90. The highest BCUT2D eigenvalue weighted by Crippen LogP contribution is 2.27. The lowest BCUT2D eigenvalue weighted by Gasteiger charge is -2.27. The molecule has 1 saturated carbocycles. The number of aromatic nitrogens is 1. The van der Waals surface area contributed by atoms with Crippen molar-refractivity contribution < 1.29 is 9.53 Å². The predicted octanol–water partition coefficient (Wildman–Crippen LogP) is 1.81. The molecule has 0 aromatic carbocycles. The number of nitrogens with two attached hydrogens (primary N) is 1. The highest BCUT2D eigenvalue weighted by Gasteiger charge is 2.26. The Morgan fingerprint density at radius 3 is 2.71 bits per heavy atom. The monoisotopic (exact) mass is 234 g/mol. The summed E-state index contributed by atoms with van der Waals surface area (Å²) in [6.45, 7) is 1.98. The van der Waals surface area contributed by atoms with Gasteiger partial charge in [-0.25, -0.2) is 4.98 Å². The third-order valence-corrected chi connectivity index (χ3v) is 3.32. The van der Waals surface area contributed by atoms with E-state index < -0.39 is 0 Å². The fourth-order valence-corrected chi connectivity index (χ4v) is 2.22. The third kappa shape index (κ3) is 2.96. The maximum absolute atomic E-state index is 11.0.